The predicted molar refractivity (Wildman–Crippen MR) is 76.9 cm³/mol. The summed E-state index contributed by atoms with van der Waals surface area (Å²) in [5.74, 6) is 0. The lowest BCUT2D eigenvalue weighted by Crippen LogP contribution is -3.15. The highest BCUT2D eigenvalue weighted by Crippen LogP contribution is 2.15. The quantitative estimate of drug-likeness (QED) is 0.750. The van der Waals surface area contributed by atoms with Crippen LogP contribution in [0.25, 0.3) is 0 Å². The first-order valence-electron chi connectivity index (χ1n) is 8.57. The first-order chi connectivity index (χ1) is 8.88. The van der Waals surface area contributed by atoms with Gasteiger partial charge in [0.15, 0.2) is 0 Å². The maximum Gasteiger partial charge on any atom is 0.0969 e. The summed E-state index contributed by atoms with van der Waals surface area (Å²) in [6.07, 6.45) is 14.7. The second-order valence-corrected chi connectivity index (χ2v) is 6.64. The van der Waals surface area contributed by atoms with Gasteiger partial charge in [-0.25, -0.2) is 0 Å². The third kappa shape index (κ3) is 4.89. The van der Waals surface area contributed by atoms with Crippen molar-refractivity contribution < 1.29 is 10.2 Å². The van der Waals surface area contributed by atoms with Crippen molar-refractivity contribution in [3.05, 3.63) is 0 Å². The maximum absolute atomic E-state index is 2.77. The Labute approximate surface area is 114 Å². The van der Waals surface area contributed by atoms with Crippen LogP contribution in [0, 0.1) is 0 Å². The van der Waals surface area contributed by atoms with E-state index in [0.29, 0.717) is 0 Å². The molecule has 18 heavy (non-hydrogen) atoms. The summed E-state index contributed by atoms with van der Waals surface area (Å²) in [4.78, 5) is 1.86. The van der Waals surface area contributed by atoms with Gasteiger partial charge in [0.05, 0.1) is 31.7 Å². The van der Waals surface area contributed by atoms with Gasteiger partial charge >= 0.3 is 0 Å². The van der Waals surface area contributed by atoms with Crippen LogP contribution >= 0.6 is 0 Å². The average molecular weight is 254 g/mol. The van der Waals surface area contributed by atoms with Crippen molar-refractivity contribution in [2.24, 2.45) is 0 Å². The van der Waals surface area contributed by atoms with E-state index in [0.717, 1.165) is 12.1 Å². The number of nitrogens with one attached hydrogen (secondary N) is 1. The molecule has 1 aliphatic heterocycles. The zero-order valence-corrected chi connectivity index (χ0v) is 12.4. The molecule has 0 amide bonds. The largest absolute Gasteiger partial charge is 0.341 e. The van der Waals surface area contributed by atoms with Crippen molar-refractivity contribution in [1.82, 2.24) is 0 Å². The fourth-order valence-corrected chi connectivity index (χ4v) is 3.91. The molecule has 0 spiro atoms. The fourth-order valence-electron chi connectivity index (χ4n) is 3.91. The maximum atomic E-state index is 2.77. The summed E-state index contributed by atoms with van der Waals surface area (Å²) in [5, 5.41) is 2.77. The van der Waals surface area contributed by atoms with Gasteiger partial charge in [-0.05, 0) is 32.1 Å². The van der Waals surface area contributed by atoms with Crippen molar-refractivity contribution >= 4 is 0 Å². The smallest absolute Gasteiger partial charge is 0.0969 e. The standard InChI is InChI=1S/C16H32N2/c1-2-12-18-13-10-16(11-14-18)17-15-8-6-4-3-5-7-9-15/h15-17H,2-14H2,1H3/p+2. The number of nitrogens with two attached hydrogens (primary N) is 1. The topological polar surface area (TPSA) is 21.1 Å². The summed E-state index contributed by atoms with van der Waals surface area (Å²) >= 11 is 0. The van der Waals surface area contributed by atoms with Gasteiger partial charge in [-0.1, -0.05) is 26.2 Å². The molecule has 0 aromatic rings. The first kappa shape index (κ1) is 14.3. The van der Waals surface area contributed by atoms with Crippen LogP contribution in [0.2, 0.25) is 0 Å². The van der Waals surface area contributed by atoms with Gasteiger partial charge in [-0.15, -0.1) is 0 Å². The van der Waals surface area contributed by atoms with Gasteiger partial charge in [-0.2, -0.15) is 0 Å². The van der Waals surface area contributed by atoms with Gasteiger partial charge < -0.3 is 10.2 Å². The molecular formula is C16H34N2+2. The van der Waals surface area contributed by atoms with Gasteiger partial charge in [0.2, 0.25) is 0 Å². The molecule has 2 aliphatic rings. The summed E-state index contributed by atoms with van der Waals surface area (Å²) < 4.78 is 0. The van der Waals surface area contributed by atoms with Crippen molar-refractivity contribution in [3.8, 4) is 0 Å². The van der Waals surface area contributed by atoms with E-state index >= 15 is 0 Å². The molecule has 0 aromatic carbocycles. The van der Waals surface area contributed by atoms with Crippen LogP contribution in [-0.2, 0) is 0 Å². The first-order valence-corrected chi connectivity index (χ1v) is 8.57. The summed E-state index contributed by atoms with van der Waals surface area (Å²) in [7, 11) is 0. The molecule has 2 rings (SSSR count). The Kier molecular flexibility index (Phi) is 6.50. The van der Waals surface area contributed by atoms with Gasteiger partial charge in [0.25, 0.3) is 0 Å². The van der Waals surface area contributed by atoms with Crippen LogP contribution in [0.1, 0.15) is 71.1 Å². The van der Waals surface area contributed by atoms with Gasteiger partial charge in [0.1, 0.15) is 0 Å². The molecule has 0 bridgehead atoms. The second-order valence-electron chi connectivity index (χ2n) is 6.64. The molecule has 0 aromatic heterocycles. The summed E-state index contributed by atoms with van der Waals surface area (Å²) in [5.41, 5.74) is 0. The average Bonchev–Trinajstić information content (AvgIpc) is 2.35. The Hall–Kier alpha value is -0.0800. The summed E-state index contributed by atoms with van der Waals surface area (Å²) in [6.45, 7) is 6.58. The van der Waals surface area contributed by atoms with E-state index in [1.807, 2.05) is 4.90 Å². The normalized spacial score (nSPS) is 31.8. The van der Waals surface area contributed by atoms with Crippen LogP contribution in [0.3, 0.4) is 0 Å². The molecular weight excluding hydrogens is 220 g/mol. The SMILES string of the molecule is CCC[NH+]1CCC([NH2+]C2CCCCCCC2)CC1. The number of hydrogen-bond donors (Lipinski definition) is 2. The van der Waals surface area contributed by atoms with Crippen molar-refractivity contribution in [1.29, 1.82) is 0 Å². The molecule has 1 heterocycles. The van der Waals surface area contributed by atoms with E-state index in [1.54, 1.807) is 0 Å². The van der Waals surface area contributed by atoms with E-state index in [2.05, 4.69) is 12.2 Å². The highest BCUT2D eigenvalue weighted by molar-refractivity contribution is 4.64. The number of quaternary nitrogens is 2. The molecule has 0 atom stereocenters. The number of rotatable bonds is 4. The molecule has 2 fully saturated rings. The zero-order chi connectivity index (χ0) is 12.6. The minimum atomic E-state index is 0.954. The Bertz CT molecular complexity index is 201. The van der Waals surface area contributed by atoms with Crippen LogP contribution in [0.4, 0.5) is 0 Å². The lowest BCUT2D eigenvalue weighted by molar-refractivity contribution is -0.914. The molecule has 1 saturated carbocycles. The molecule has 0 unspecified atom stereocenters. The molecule has 2 nitrogen and oxygen atoms in total. The Morgan fingerprint density at radius 2 is 1.39 bits per heavy atom. The van der Waals surface area contributed by atoms with Gasteiger partial charge in [-0.3, -0.25) is 0 Å². The predicted octanol–water partition coefficient (Wildman–Crippen LogP) is 1.12. The van der Waals surface area contributed by atoms with Crippen molar-refractivity contribution in [2.45, 2.75) is 83.2 Å². The van der Waals surface area contributed by atoms with Crippen LogP contribution in [0.15, 0.2) is 0 Å². The number of hydrogen-bond acceptors (Lipinski definition) is 0. The highest BCUT2D eigenvalue weighted by atomic mass is 15.1. The second kappa shape index (κ2) is 8.16. The highest BCUT2D eigenvalue weighted by Gasteiger charge is 2.26. The fraction of sp³-hybridized carbons (Fsp3) is 1.00. The molecule has 106 valence electrons. The van der Waals surface area contributed by atoms with Crippen LogP contribution < -0.4 is 10.2 Å². The lowest BCUT2D eigenvalue weighted by Gasteiger charge is -2.30. The minimum Gasteiger partial charge on any atom is -0.341 e. The monoisotopic (exact) mass is 254 g/mol. The molecule has 1 saturated heterocycles. The molecule has 1 aliphatic carbocycles. The van der Waals surface area contributed by atoms with E-state index in [9.17, 15) is 0 Å². The molecule has 2 heteroatoms. The van der Waals surface area contributed by atoms with E-state index in [-0.39, 0.29) is 0 Å². The van der Waals surface area contributed by atoms with E-state index < -0.39 is 0 Å². The van der Waals surface area contributed by atoms with Crippen molar-refractivity contribution in [2.75, 3.05) is 19.6 Å². The Morgan fingerprint density at radius 1 is 0.833 bits per heavy atom. The third-order valence-corrected chi connectivity index (χ3v) is 5.04. The van der Waals surface area contributed by atoms with Crippen molar-refractivity contribution in [3.63, 3.8) is 0 Å². The third-order valence-electron chi connectivity index (χ3n) is 5.04. The van der Waals surface area contributed by atoms with E-state index in [4.69, 9.17) is 0 Å². The molecule has 0 radical (unpaired) electrons. The number of piperidine rings is 1. The molecule has 3 N–H and O–H groups in total. The van der Waals surface area contributed by atoms with Crippen LogP contribution in [-0.4, -0.2) is 31.7 Å². The van der Waals surface area contributed by atoms with Gasteiger partial charge in [0, 0.05) is 12.8 Å². The summed E-state index contributed by atoms with van der Waals surface area (Å²) in [6, 6.07) is 1.91. The Morgan fingerprint density at radius 3 is 2.00 bits per heavy atom. The van der Waals surface area contributed by atoms with E-state index in [1.165, 1.54) is 83.8 Å². The Balaban J connectivity index is 1.66. The minimum absolute atomic E-state index is 0.954. The number of likely N-dealkylation sites (tertiary alicyclic amines) is 1. The lowest BCUT2D eigenvalue weighted by atomic mass is 9.94. The van der Waals surface area contributed by atoms with Crippen LogP contribution in [0.5, 0.6) is 0 Å². The zero-order valence-electron chi connectivity index (χ0n) is 12.4.